The third kappa shape index (κ3) is 5.25. The number of hydrogen-bond donors (Lipinski definition) is 1. The Balaban J connectivity index is 1.77. The van der Waals surface area contributed by atoms with Gasteiger partial charge in [-0.1, -0.05) is 54.9 Å². The number of benzene rings is 2. The van der Waals surface area contributed by atoms with Gasteiger partial charge in [-0.3, -0.25) is 4.79 Å². The summed E-state index contributed by atoms with van der Waals surface area (Å²) < 4.78 is 4.97. The van der Waals surface area contributed by atoms with Crippen LogP contribution < -0.4 is 5.32 Å². The second-order valence-electron chi connectivity index (χ2n) is 6.57. The molecule has 0 spiro atoms. The van der Waals surface area contributed by atoms with Crippen molar-refractivity contribution in [3.8, 4) is 11.1 Å². The zero-order valence-corrected chi connectivity index (χ0v) is 17.9. The molecule has 0 unspecified atom stereocenters. The Bertz CT molecular complexity index is 994. The van der Waals surface area contributed by atoms with E-state index >= 15 is 0 Å². The van der Waals surface area contributed by atoms with Crippen molar-refractivity contribution in [1.82, 2.24) is 0 Å². The van der Waals surface area contributed by atoms with Gasteiger partial charge in [0.1, 0.15) is 10.6 Å². The normalized spacial score (nSPS) is 10.6. The van der Waals surface area contributed by atoms with Crippen LogP contribution in [0.5, 0.6) is 0 Å². The minimum Gasteiger partial charge on any atom is -0.465 e. The fourth-order valence-electron chi connectivity index (χ4n) is 2.99. The number of rotatable bonds is 7. The number of esters is 1. The lowest BCUT2D eigenvalue weighted by Gasteiger charge is -2.08. The summed E-state index contributed by atoms with van der Waals surface area (Å²) in [6.07, 6.45) is 1.84. The van der Waals surface area contributed by atoms with Crippen LogP contribution in [0.1, 0.15) is 34.8 Å². The van der Waals surface area contributed by atoms with Crippen LogP contribution in [0.15, 0.2) is 53.9 Å². The van der Waals surface area contributed by atoms with Gasteiger partial charge in [-0.25, -0.2) is 4.79 Å². The van der Waals surface area contributed by atoms with Gasteiger partial charge in [0.05, 0.1) is 7.11 Å². The number of aryl methyl sites for hydroxylation is 2. The SMILES string of the molecule is CCc1ccc(-c2csc(NC(=O)CCc3ccc(Cl)cc3)c2C(=O)OC)cc1. The van der Waals surface area contributed by atoms with Crippen LogP contribution in [-0.4, -0.2) is 19.0 Å². The lowest BCUT2D eigenvalue weighted by molar-refractivity contribution is -0.116. The van der Waals surface area contributed by atoms with Crippen molar-refractivity contribution in [2.45, 2.75) is 26.2 Å². The van der Waals surface area contributed by atoms with E-state index in [9.17, 15) is 9.59 Å². The van der Waals surface area contributed by atoms with Crippen LogP contribution in [0.3, 0.4) is 0 Å². The summed E-state index contributed by atoms with van der Waals surface area (Å²) in [7, 11) is 1.34. The zero-order valence-electron chi connectivity index (χ0n) is 16.3. The highest BCUT2D eigenvalue weighted by Gasteiger charge is 2.22. The van der Waals surface area contributed by atoms with Crippen LogP contribution in [0.25, 0.3) is 11.1 Å². The third-order valence-corrected chi connectivity index (χ3v) is 5.81. The molecule has 0 saturated carbocycles. The molecule has 0 fully saturated rings. The molecular formula is C23H22ClNO3S. The average molecular weight is 428 g/mol. The molecule has 3 aromatic rings. The van der Waals surface area contributed by atoms with Gasteiger partial charge in [0.15, 0.2) is 0 Å². The molecule has 0 aliphatic rings. The third-order valence-electron chi connectivity index (χ3n) is 4.66. The van der Waals surface area contributed by atoms with Gasteiger partial charge in [-0.2, -0.15) is 0 Å². The maximum Gasteiger partial charge on any atom is 0.341 e. The number of carbonyl (C=O) groups excluding carboxylic acids is 2. The summed E-state index contributed by atoms with van der Waals surface area (Å²) in [6.45, 7) is 2.09. The van der Waals surface area contributed by atoms with Gasteiger partial charge in [0.25, 0.3) is 0 Å². The fraction of sp³-hybridized carbons (Fsp3) is 0.217. The van der Waals surface area contributed by atoms with Crippen molar-refractivity contribution < 1.29 is 14.3 Å². The van der Waals surface area contributed by atoms with E-state index in [0.29, 0.717) is 28.4 Å². The molecule has 29 heavy (non-hydrogen) atoms. The molecule has 150 valence electrons. The molecule has 1 N–H and O–H groups in total. The van der Waals surface area contributed by atoms with Gasteiger partial charge >= 0.3 is 5.97 Å². The van der Waals surface area contributed by atoms with Gasteiger partial charge in [-0.05, 0) is 41.7 Å². The highest BCUT2D eigenvalue weighted by Crippen LogP contribution is 2.36. The maximum atomic E-state index is 12.5. The summed E-state index contributed by atoms with van der Waals surface area (Å²) in [5.74, 6) is -0.617. The van der Waals surface area contributed by atoms with E-state index in [1.165, 1.54) is 24.0 Å². The molecule has 1 amide bonds. The first-order chi connectivity index (χ1) is 14.0. The molecule has 3 rings (SSSR count). The molecule has 0 aliphatic heterocycles. The second-order valence-corrected chi connectivity index (χ2v) is 7.89. The Labute approximate surface area is 179 Å². The minimum absolute atomic E-state index is 0.153. The molecule has 0 atom stereocenters. The molecule has 0 aliphatic carbocycles. The van der Waals surface area contributed by atoms with Crippen LogP contribution in [0, 0.1) is 0 Å². The predicted octanol–water partition coefficient (Wildman–Crippen LogP) is 5.99. The fourth-order valence-corrected chi connectivity index (χ4v) is 4.08. The molecule has 0 radical (unpaired) electrons. The van der Waals surface area contributed by atoms with Crippen molar-refractivity contribution in [1.29, 1.82) is 0 Å². The van der Waals surface area contributed by atoms with Crippen molar-refractivity contribution in [3.63, 3.8) is 0 Å². The second kappa shape index (κ2) is 9.72. The summed E-state index contributed by atoms with van der Waals surface area (Å²) in [5.41, 5.74) is 4.32. The molecule has 0 saturated heterocycles. The average Bonchev–Trinajstić information content (AvgIpc) is 3.16. The van der Waals surface area contributed by atoms with Crippen LogP contribution in [0.2, 0.25) is 5.02 Å². The van der Waals surface area contributed by atoms with Gasteiger partial charge in [0, 0.05) is 22.4 Å². The summed E-state index contributed by atoms with van der Waals surface area (Å²) >= 11 is 7.22. The quantitative estimate of drug-likeness (QED) is 0.471. The monoisotopic (exact) mass is 427 g/mol. The highest BCUT2D eigenvalue weighted by atomic mass is 35.5. The Morgan fingerprint density at radius 3 is 2.31 bits per heavy atom. The first-order valence-corrected chi connectivity index (χ1v) is 10.6. The lowest BCUT2D eigenvalue weighted by Crippen LogP contribution is -2.14. The molecule has 0 bridgehead atoms. The number of nitrogens with one attached hydrogen (secondary N) is 1. The van der Waals surface area contributed by atoms with E-state index in [1.54, 1.807) is 12.1 Å². The number of anilines is 1. The Morgan fingerprint density at radius 2 is 1.69 bits per heavy atom. The molecule has 6 heteroatoms. The molecular weight excluding hydrogens is 406 g/mol. The number of ether oxygens (including phenoxy) is 1. The molecule has 1 aromatic heterocycles. The standard InChI is InChI=1S/C23H22ClNO3S/c1-3-15-4-9-17(10-5-15)19-14-29-22(21(19)23(27)28-2)25-20(26)13-8-16-6-11-18(24)12-7-16/h4-7,9-12,14H,3,8,13H2,1-2H3,(H,25,26). The summed E-state index contributed by atoms with van der Waals surface area (Å²) in [4.78, 5) is 24.9. The van der Waals surface area contributed by atoms with Crippen LogP contribution in [0.4, 0.5) is 5.00 Å². The van der Waals surface area contributed by atoms with E-state index < -0.39 is 5.97 Å². The predicted molar refractivity (Wildman–Crippen MR) is 119 cm³/mol. The van der Waals surface area contributed by atoms with Crippen molar-refractivity contribution in [2.75, 3.05) is 12.4 Å². The highest BCUT2D eigenvalue weighted by molar-refractivity contribution is 7.15. The van der Waals surface area contributed by atoms with E-state index in [4.69, 9.17) is 16.3 Å². The van der Waals surface area contributed by atoms with Crippen LogP contribution in [-0.2, 0) is 22.4 Å². The van der Waals surface area contributed by atoms with E-state index in [1.807, 2.05) is 41.8 Å². The number of thiophene rings is 1. The molecule has 2 aromatic carbocycles. The zero-order chi connectivity index (χ0) is 20.8. The minimum atomic E-state index is -0.464. The van der Waals surface area contributed by atoms with E-state index in [2.05, 4.69) is 12.2 Å². The van der Waals surface area contributed by atoms with Crippen molar-refractivity contribution in [3.05, 3.63) is 75.6 Å². The number of halogens is 1. The number of amides is 1. The molecule has 1 heterocycles. The Morgan fingerprint density at radius 1 is 1.03 bits per heavy atom. The van der Waals surface area contributed by atoms with E-state index in [0.717, 1.165) is 23.1 Å². The first-order valence-electron chi connectivity index (χ1n) is 9.35. The van der Waals surface area contributed by atoms with E-state index in [-0.39, 0.29) is 5.91 Å². The maximum absolute atomic E-state index is 12.5. The number of carbonyl (C=O) groups is 2. The van der Waals surface area contributed by atoms with Crippen molar-refractivity contribution in [2.24, 2.45) is 0 Å². The topological polar surface area (TPSA) is 55.4 Å². The lowest BCUT2D eigenvalue weighted by atomic mass is 10.0. The first kappa shape index (κ1) is 21.1. The Hall–Kier alpha value is -2.63. The largest absolute Gasteiger partial charge is 0.465 e. The van der Waals surface area contributed by atoms with Crippen LogP contribution >= 0.6 is 22.9 Å². The summed E-state index contributed by atoms with van der Waals surface area (Å²) in [6, 6.07) is 15.5. The number of hydrogen-bond acceptors (Lipinski definition) is 4. The van der Waals surface area contributed by atoms with Gasteiger partial charge in [-0.15, -0.1) is 11.3 Å². The smallest absolute Gasteiger partial charge is 0.341 e. The van der Waals surface area contributed by atoms with Crippen molar-refractivity contribution >= 4 is 39.8 Å². The Kier molecular flexibility index (Phi) is 7.07. The summed E-state index contributed by atoms with van der Waals surface area (Å²) in [5, 5.41) is 5.92. The number of methoxy groups -OCH3 is 1. The van der Waals surface area contributed by atoms with Gasteiger partial charge in [0.2, 0.25) is 5.91 Å². The molecule has 4 nitrogen and oxygen atoms in total. The van der Waals surface area contributed by atoms with Gasteiger partial charge < -0.3 is 10.1 Å².